The highest BCUT2D eigenvalue weighted by atomic mass is 16.2. The smallest absolute Gasteiger partial charge is 0.242 e. The van der Waals surface area contributed by atoms with E-state index in [2.05, 4.69) is 20.8 Å². The lowest BCUT2D eigenvalue weighted by molar-refractivity contribution is -0.127. The fourth-order valence-corrected chi connectivity index (χ4v) is 1.93. The lowest BCUT2D eigenvalue weighted by Crippen LogP contribution is -2.43. The lowest BCUT2D eigenvalue weighted by atomic mass is 10.1. The van der Waals surface area contributed by atoms with Gasteiger partial charge in [-0.25, -0.2) is 0 Å². The van der Waals surface area contributed by atoms with Gasteiger partial charge in [0, 0.05) is 19.7 Å². The zero-order valence-corrected chi connectivity index (χ0v) is 12.0. The number of hydrogen-bond acceptors (Lipinski definition) is 3. The molecule has 0 spiro atoms. The molecule has 1 unspecified atom stereocenters. The van der Waals surface area contributed by atoms with Gasteiger partial charge in [0.25, 0.3) is 0 Å². The van der Waals surface area contributed by atoms with Crippen LogP contribution in [0, 0.1) is 0 Å². The van der Waals surface area contributed by atoms with Gasteiger partial charge in [-0.15, -0.1) is 0 Å². The molecule has 6 heteroatoms. The second-order valence-electron chi connectivity index (χ2n) is 4.81. The third kappa shape index (κ3) is 4.17. The van der Waals surface area contributed by atoms with Crippen molar-refractivity contribution >= 4 is 11.8 Å². The molecule has 21 heavy (non-hydrogen) atoms. The van der Waals surface area contributed by atoms with Gasteiger partial charge in [-0.05, 0) is 24.1 Å². The first-order valence-electron chi connectivity index (χ1n) is 6.70. The lowest BCUT2D eigenvalue weighted by Gasteiger charge is -2.12. The van der Waals surface area contributed by atoms with E-state index in [1.807, 2.05) is 30.3 Å². The molecular formula is C15H18N4O2. The standard InChI is InChI=1S/C15H18N4O2/c1-10(18-11(2)20)15(21)16-9-12-3-5-13(6-4-12)14-7-8-17-19-14/h3-8,10H,9H2,1-2H3,(H,16,21)(H,17,19)(H,18,20). The molecular weight excluding hydrogens is 268 g/mol. The number of nitrogens with zero attached hydrogens (tertiary/aromatic N) is 1. The molecule has 0 fully saturated rings. The highest BCUT2D eigenvalue weighted by Gasteiger charge is 2.12. The summed E-state index contributed by atoms with van der Waals surface area (Å²) in [6.45, 7) is 3.46. The minimum Gasteiger partial charge on any atom is -0.350 e. The molecule has 110 valence electrons. The number of aromatic amines is 1. The minimum atomic E-state index is -0.535. The normalized spacial score (nSPS) is 11.7. The SMILES string of the molecule is CC(=O)NC(C)C(=O)NCc1ccc(-c2ccn[nH]2)cc1. The zero-order valence-electron chi connectivity index (χ0n) is 12.0. The first kappa shape index (κ1) is 14.8. The van der Waals surface area contributed by atoms with Crippen LogP contribution >= 0.6 is 0 Å². The molecule has 3 N–H and O–H groups in total. The number of aromatic nitrogens is 2. The fourth-order valence-electron chi connectivity index (χ4n) is 1.93. The third-order valence-corrected chi connectivity index (χ3v) is 3.05. The highest BCUT2D eigenvalue weighted by molar-refractivity contribution is 5.86. The van der Waals surface area contributed by atoms with Crippen LogP contribution in [0.1, 0.15) is 19.4 Å². The second-order valence-corrected chi connectivity index (χ2v) is 4.81. The van der Waals surface area contributed by atoms with Crippen LogP contribution in [0.2, 0.25) is 0 Å². The minimum absolute atomic E-state index is 0.206. The Bertz CT molecular complexity index is 605. The van der Waals surface area contributed by atoms with E-state index >= 15 is 0 Å². The molecule has 0 aliphatic rings. The molecule has 1 atom stereocenters. The summed E-state index contributed by atoms with van der Waals surface area (Å²) in [6.07, 6.45) is 1.70. The molecule has 1 aromatic heterocycles. The van der Waals surface area contributed by atoms with Crippen molar-refractivity contribution in [3.8, 4) is 11.3 Å². The van der Waals surface area contributed by atoms with Crippen molar-refractivity contribution in [2.24, 2.45) is 0 Å². The molecule has 0 saturated carbocycles. The van der Waals surface area contributed by atoms with Crippen LogP contribution in [0.25, 0.3) is 11.3 Å². The van der Waals surface area contributed by atoms with Crippen molar-refractivity contribution in [2.45, 2.75) is 26.4 Å². The number of hydrogen-bond donors (Lipinski definition) is 3. The van der Waals surface area contributed by atoms with Gasteiger partial charge >= 0.3 is 0 Å². The second kappa shape index (κ2) is 6.69. The number of benzene rings is 1. The molecule has 2 aromatic rings. The van der Waals surface area contributed by atoms with Gasteiger partial charge in [0.2, 0.25) is 11.8 Å². The van der Waals surface area contributed by atoms with E-state index in [1.165, 1.54) is 6.92 Å². The fraction of sp³-hybridized carbons (Fsp3) is 0.267. The predicted molar refractivity (Wildman–Crippen MR) is 79.1 cm³/mol. The van der Waals surface area contributed by atoms with E-state index in [9.17, 15) is 9.59 Å². The monoisotopic (exact) mass is 286 g/mol. The van der Waals surface area contributed by atoms with Crippen molar-refractivity contribution in [1.82, 2.24) is 20.8 Å². The molecule has 1 heterocycles. The van der Waals surface area contributed by atoms with Crippen molar-refractivity contribution < 1.29 is 9.59 Å². The Morgan fingerprint density at radius 3 is 2.52 bits per heavy atom. The molecule has 2 rings (SSSR count). The Balaban J connectivity index is 1.89. The summed E-state index contributed by atoms with van der Waals surface area (Å²) < 4.78 is 0. The molecule has 6 nitrogen and oxygen atoms in total. The van der Waals surface area contributed by atoms with Crippen LogP contribution in [-0.2, 0) is 16.1 Å². The van der Waals surface area contributed by atoms with E-state index in [4.69, 9.17) is 0 Å². The van der Waals surface area contributed by atoms with E-state index in [0.29, 0.717) is 6.54 Å². The van der Waals surface area contributed by atoms with E-state index < -0.39 is 6.04 Å². The number of H-pyrrole nitrogens is 1. The first-order chi connectivity index (χ1) is 10.1. The highest BCUT2D eigenvalue weighted by Crippen LogP contribution is 2.16. The largest absolute Gasteiger partial charge is 0.350 e. The average molecular weight is 286 g/mol. The topological polar surface area (TPSA) is 86.9 Å². The first-order valence-corrected chi connectivity index (χ1v) is 6.70. The summed E-state index contributed by atoms with van der Waals surface area (Å²) in [7, 11) is 0. The number of carbonyl (C=O) groups is 2. The Kier molecular flexibility index (Phi) is 4.71. The summed E-state index contributed by atoms with van der Waals surface area (Å²) in [5.41, 5.74) is 2.97. The van der Waals surface area contributed by atoms with Gasteiger partial charge in [-0.2, -0.15) is 5.10 Å². The summed E-state index contributed by atoms with van der Waals surface area (Å²) in [5, 5.41) is 12.1. The molecule has 0 aliphatic heterocycles. The molecule has 0 saturated heterocycles. The Labute approximate surface area is 122 Å². The third-order valence-electron chi connectivity index (χ3n) is 3.05. The number of carbonyl (C=O) groups excluding carboxylic acids is 2. The number of nitrogens with one attached hydrogen (secondary N) is 3. The molecule has 1 aromatic carbocycles. The summed E-state index contributed by atoms with van der Waals surface area (Å²) >= 11 is 0. The Hall–Kier alpha value is -2.63. The van der Waals surface area contributed by atoms with Gasteiger partial charge in [-0.1, -0.05) is 24.3 Å². The maximum absolute atomic E-state index is 11.8. The van der Waals surface area contributed by atoms with Crippen LogP contribution in [0.4, 0.5) is 0 Å². The maximum Gasteiger partial charge on any atom is 0.242 e. The molecule has 2 amide bonds. The van der Waals surface area contributed by atoms with E-state index in [-0.39, 0.29) is 11.8 Å². The van der Waals surface area contributed by atoms with Crippen molar-refractivity contribution in [3.63, 3.8) is 0 Å². The molecule has 0 bridgehead atoms. The van der Waals surface area contributed by atoms with Gasteiger partial charge < -0.3 is 10.6 Å². The van der Waals surface area contributed by atoms with Crippen LogP contribution in [0.3, 0.4) is 0 Å². The van der Waals surface area contributed by atoms with Crippen molar-refractivity contribution in [1.29, 1.82) is 0 Å². The Morgan fingerprint density at radius 1 is 1.24 bits per heavy atom. The van der Waals surface area contributed by atoms with Crippen LogP contribution in [0.5, 0.6) is 0 Å². The van der Waals surface area contributed by atoms with Gasteiger partial charge in [0.15, 0.2) is 0 Å². The van der Waals surface area contributed by atoms with E-state index in [0.717, 1.165) is 16.8 Å². The van der Waals surface area contributed by atoms with Crippen molar-refractivity contribution in [2.75, 3.05) is 0 Å². The maximum atomic E-state index is 11.8. The number of rotatable bonds is 5. The summed E-state index contributed by atoms with van der Waals surface area (Å²) in [6, 6.07) is 9.18. The zero-order chi connectivity index (χ0) is 15.2. The average Bonchev–Trinajstić information content (AvgIpc) is 2.98. The van der Waals surface area contributed by atoms with Gasteiger partial charge in [-0.3, -0.25) is 14.7 Å². The van der Waals surface area contributed by atoms with Crippen LogP contribution in [0.15, 0.2) is 36.5 Å². The summed E-state index contributed by atoms with van der Waals surface area (Å²) in [5.74, 6) is -0.426. The van der Waals surface area contributed by atoms with Crippen LogP contribution < -0.4 is 10.6 Å². The predicted octanol–water partition coefficient (Wildman–Crippen LogP) is 1.22. The van der Waals surface area contributed by atoms with E-state index in [1.54, 1.807) is 13.1 Å². The van der Waals surface area contributed by atoms with Gasteiger partial charge in [0.05, 0.1) is 5.69 Å². The van der Waals surface area contributed by atoms with Gasteiger partial charge in [0.1, 0.15) is 6.04 Å². The molecule has 0 aliphatic carbocycles. The number of amides is 2. The van der Waals surface area contributed by atoms with Crippen LogP contribution in [-0.4, -0.2) is 28.1 Å². The van der Waals surface area contributed by atoms with Crippen molar-refractivity contribution in [3.05, 3.63) is 42.1 Å². The molecule has 0 radical (unpaired) electrons. The Morgan fingerprint density at radius 2 is 1.95 bits per heavy atom. The summed E-state index contributed by atoms with van der Waals surface area (Å²) in [4.78, 5) is 22.7. The quantitative estimate of drug-likeness (QED) is 0.772.